The van der Waals surface area contributed by atoms with Gasteiger partial charge in [0.05, 0.1) is 4.47 Å². The molecule has 2 aromatic carbocycles. The maximum absolute atomic E-state index is 13.2. The standard InChI is InChI=1S/C26H35BrN2O3/c1-5-19(4)28-26(31)23(7-3)29(16-15-21-11-9-8-10-12-21)25(30)18-32-24-14-13-20(6-2)17-22(24)27/h8-14,17,19,23H,5-7,15-16,18H2,1-4H3,(H,28,31). The van der Waals surface area contributed by atoms with Crippen LogP contribution in [0.4, 0.5) is 0 Å². The Kier molecular flexibility index (Phi) is 10.7. The van der Waals surface area contributed by atoms with Crippen LogP contribution in [0.3, 0.4) is 0 Å². The zero-order chi connectivity index (χ0) is 23.5. The van der Waals surface area contributed by atoms with Gasteiger partial charge in [0.25, 0.3) is 5.91 Å². The first-order valence-corrected chi connectivity index (χ1v) is 12.2. The molecule has 0 heterocycles. The molecule has 0 saturated carbocycles. The summed E-state index contributed by atoms with van der Waals surface area (Å²) in [4.78, 5) is 27.9. The number of carbonyl (C=O) groups excluding carboxylic acids is 2. The van der Waals surface area contributed by atoms with E-state index in [1.54, 1.807) is 4.90 Å². The minimum absolute atomic E-state index is 0.0620. The molecule has 0 aromatic heterocycles. The Labute approximate surface area is 200 Å². The number of hydrogen-bond acceptors (Lipinski definition) is 3. The molecule has 174 valence electrons. The summed E-state index contributed by atoms with van der Waals surface area (Å²) in [6, 6.07) is 15.4. The van der Waals surface area contributed by atoms with E-state index in [-0.39, 0.29) is 24.5 Å². The number of benzene rings is 2. The Morgan fingerprint density at radius 2 is 1.75 bits per heavy atom. The average molecular weight is 503 g/mol. The quantitative estimate of drug-likeness (QED) is 0.436. The molecule has 1 N–H and O–H groups in total. The van der Waals surface area contributed by atoms with Gasteiger partial charge in [-0.05, 0) is 71.8 Å². The van der Waals surface area contributed by atoms with Crippen molar-refractivity contribution in [1.82, 2.24) is 10.2 Å². The Bertz CT molecular complexity index is 873. The first-order valence-electron chi connectivity index (χ1n) is 11.4. The molecule has 0 aliphatic carbocycles. The van der Waals surface area contributed by atoms with Gasteiger partial charge in [0.2, 0.25) is 5.91 Å². The summed E-state index contributed by atoms with van der Waals surface area (Å²) in [6.45, 7) is 8.36. The molecule has 2 atom stereocenters. The van der Waals surface area contributed by atoms with Gasteiger partial charge in [-0.3, -0.25) is 9.59 Å². The Hall–Kier alpha value is -2.34. The summed E-state index contributed by atoms with van der Waals surface area (Å²) in [5.41, 5.74) is 2.31. The summed E-state index contributed by atoms with van der Waals surface area (Å²) < 4.78 is 6.66. The molecule has 6 heteroatoms. The zero-order valence-electron chi connectivity index (χ0n) is 19.6. The summed E-state index contributed by atoms with van der Waals surface area (Å²) >= 11 is 3.52. The molecule has 0 saturated heterocycles. The van der Waals surface area contributed by atoms with Gasteiger partial charge in [-0.25, -0.2) is 0 Å². The van der Waals surface area contributed by atoms with Gasteiger partial charge >= 0.3 is 0 Å². The third-order valence-electron chi connectivity index (χ3n) is 5.63. The molecule has 0 aliphatic heterocycles. The van der Waals surface area contributed by atoms with Crippen LogP contribution in [0.5, 0.6) is 5.75 Å². The smallest absolute Gasteiger partial charge is 0.261 e. The highest BCUT2D eigenvalue weighted by atomic mass is 79.9. The molecule has 2 rings (SSSR count). The van der Waals surface area contributed by atoms with Crippen molar-refractivity contribution in [3.63, 3.8) is 0 Å². The fraction of sp³-hybridized carbons (Fsp3) is 0.462. The topological polar surface area (TPSA) is 58.6 Å². The first kappa shape index (κ1) is 25.9. The summed E-state index contributed by atoms with van der Waals surface area (Å²) in [5.74, 6) is 0.311. The van der Waals surface area contributed by atoms with E-state index in [9.17, 15) is 9.59 Å². The van der Waals surface area contributed by atoms with Crippen LogP contribution in [-0.2, 0) is 22.4 Å². The van der Waals surface area contributed by atoms with Crippen LogP contribution in [0.2, 0.25) is 0 Å². The lowest BCUT2D eigenvalue weighted by molar-refractivity contribution is -0.142. The van der Waals surface area contributed by atoms with Crippen LogP contribution in [-0.4, -0.2) is 41.9 Å². The number of carbonyl (C=O) groups is 2. The molecule has 0 spiro atoms. The molecule has 2 aromatic rings. The fourth-order valence-corrected chi connectivity index (χ4v) is 3.98. The van der Waals surface area contributed by atoms with Crippen molar-refractivity contribution >= 4 is 27.7 Å². The minimum atomic E-state index is -0.533. The highest BCUT2D eigenvalue weighted by molar-refractivity contribution is 9.10. The molecule has 2 amide bonds. The van der Waals surface area contributed by atoms with Crippen molar-refractivity contribution in [3.8, 4) is 5.75 Å². The number of nitrogens with one attached hydrogen (secondary N) is 1. The van der Waals surface area contributed by atoms with Crippen molar-refractivity contribution in [2.24, 2.45) is 0 Å². The highest BCUT2D eigenvalue weighted by Crippen LogP contribution is 2.26. The largest absolute Gasteiger partial charge is 0.483 e. The highest BCUT2D eigenvalue weighted by Gasteiger charge is 2.29. The van der Waals surface area contributed by atoms with Crippen molar-refractivity contribution in [1.29, 1.82) is 0 Å². The van der Waals surface area contributed by atoms with Crippen LogP contribution in [0.1, 0.15) is 51.7 Å². The first-order chi connectivity index (χ1) is 15.4. The van der Waals surface area contributed by atoms with Gasteiger partial charge in [-0.2, -0.15) is 0 Å². The van der Waals surface area contributed by atoms with Crippen LogP contribution in [0.15, 0.2) is 53.0 Å². The predicted octanol–water partition coefficient (Wildman–Crippen LogP) is 5.15. The Morgan fingerprint density at radius 1 is 1.03 bits per heavy atom. The normalized spacial score (nSPS) is 12.7. The van der Waals surface area contributed by atoms with Crippen molar-refractivity contribution in [2.45, 2.75) is 65.5 Å². The Morgan fingerprint density at radius 3 is 2.34 bits per heavy atom. The van der Waals surface area contributed by atoms with E-state index >= 15 is 0 Å². The third-order valence-corrected chi connectivity index (χ3v) is 6.25. The molecular formula is C26H35BrN2O3. The lowest BCUT2D eigenvalue weighted by Crippen LogP contribution is -2.52. The second kappa shape index (κ2) is 13.3. The maximum atomic E-state index is 13.2. The van der Waals surface area contributed by atoms with Gasteiger partial charge in [-0.1, -0.05) is 57.2 Å². The van der Waals surface area contributed by atoms with E-state index in [0.717, 1.165) is 22.9 Å². The summed E-state index contributed by atoms with van der Waals surface area (Å²) in [6.07, 6.45) is 2.98. The Balaban J connectivity index is 2.15. The van der Waals surface area contributed by atoms with E-state index in [4.69, 9.17) is 4.74 Å². The molecule has 2 unspecified atom stereocenters. The van der Waals surface area contributed by atoms with Gasteiger partial charge in [-0.15, -0.1) is 0 Å². The van der Waals surface area contributed by atoms with Gasteiger partial charge in [0, 0.05) is 12.6 Å². The van der Waals surface area contributed by atoms with Crippen LogP contribution < -0.4 is 10.1 Å². The number of rotatable bonds is 12. The van der Waals surface area contributed by atoms with E-state index in [2.05, 4.69) is 28.2 Å². The van der Waals surface area contributed by atoms with E-state index < -0.39 is 6.04 Å². The lowest BCUT2D eigenvalue weighted by Gasteiger charge is -2.31. The number of aryl methyl sites for hydroxylation is 1. The van der Waals surface area contributed by atoms with E-state index in [1.165, 1.54) is 5.56 Å². The van der Waals surface area contributed by atoms with Crippen molar-refractivity contribution in [2.75, 3.05) is 13.2 Å². The summed E-state index contributed by atoms with van der Waals surface area (Å²) in [7, 11) is 0. The molecule has 32 heavy (non-hydrogen) atoms. The SMILES string of the molecule is CCc1ccc(OCC(=O)N(CCc2ccccc2)C(CC)C(=O)NC(C)CC)c(Br)c1. The number of nitrogens with zero attached hydrogens (tertiary/aromatic N) is 1. The lowest BCUT2D eigenvalue weighted by atomic mass is 10.1. The van der Waals surface area contributed by atoms with Gasteiger partial charge < -0.3 is 15.0 Å². The second-order valence-corrected chi connectivity index (χ2v) is 8.83. The number of amides is 2. The van der Waals surface area contributed by atoms with Gasteiger partial charge in [0.15, 0.2) is 6.61 Å². The average Bonchev–Trinajstić information content (AvgIpc) is 2.81. The van der Waals surface area contributed by atoms with E-state index in [1.807, 2.05) is 69.3 Å². The second-order valence-electron chi connectivity index (χ2n) is 7.97. The maximum Gasteiger partial charge on any atom is 0.261 e. The van der Waals surface area contributed by atoms with Crippen LogP contribution in [0.25, 0.3) is 0 Å². The van der Waals surface area contributed by atoms with E-state index in [0.29, 0.717) is 25.1 Å². The number of ether oxygens (including phenoxy) is 1. The molecule has 0 radical (unpaired) electrons. The number of hydrogen-bond donors (Lipinski definition) is 1. The van der Waals surface area contributed by atoms with Crippen LogP contribution in [0, 0.1) is 0 Å². The third kappa shape index (κ3) is 7.66. The zero-order valence-corrected chi connectivity index (χ0v) is 21.2. The molecule has 0 bridgehead atoms. The minimum Gasteiger partial charge on any atom is -0.483 e. The van der Waals surface area contributed by atoms with Crippen molar-refractivity contribution in [3.05, 3.63) is 64.1 Å². The van der Waals surface area contributed by atoms with Crippen molar-refractivity contribution < 1.29 is 14.3 Å². The molecular weight excluding hydrogens is 468 g/mol. The monoisotopic (exact) mass is 502 g/mol. The molecule has 0 fully saturated rings. The van der Waals surface area contributed by atoms with Gasteiger partial charge in [0.1, 0.15) is 11.8 Å². The number of halogens is 1. The predicted molar refractivity (Wildman–Crippen MR) is 133 cm³/mol. The summed E-state index contributed by atoms with van der Waals surface area (Å²) in [5, 5.41) is 3.03. The molecule has 5 nitrogen and oxygen atoms in total. The molecule has 0 aliphatic rings. The fourth-order valence-electron chi connectivity index (χ4n) is 3.44. The van der Waals surface area contributed by atoms with Crippen LogP contribution >= 0.6 is 15.9 Å².